The first-order valence-corrected chi connectivity index (χ1v) is 10.3. The van der Waals surface area contributed by atoms with Crippen LogP contribution in [0.15, 0.2) is 24.3 Å². The van der Waals surface area contributed by atoms with E-state index in [0.717, 1.165) is 17.7 Å². The number of hydrogen-bond donors (Lipinski definition) is 0. The van der Waals surface area contributed by atoms with Gasteiger partial charge in [-0.25, -0.2) is 4.79 Å². The molecule has 0 aliphatic heterocycles. The lowest BCUT2D eigenvalue weighted by Crippen LogP contribution is -2.29. The molecule has 1 atom stereocenters. The van der Waals surface area contributed by atoms with Crippen LogP contribution in [0.5, 0.6) is 11.5 Å². The second-order valence-electron chi connectivity index (χ2n) is 7.32. The van der Waals surface area contributed by atoms with E-state index in [-0.39, 0.29) is 12.1 Å². The van der Waals surface area contributed by atoms with Gasteiger partial charge in [-0.2, -0.15) is 0 Å². The zero-order valence-corrected chi connectivity index (χ0v) is 17.0. The van der Waals surface area contributed by atoms with Crippen LogP contribution in [0.1, 0.15) is 70.3 Å². The molecular formula is C23H34O4. The van der Waals surface area contributed by atoms with Crippen molar-refractivity contribution < 1.29 is 19.0 Å². The molecule has 27 heavy (non-hydrogen) atoms. The van der Waals surface area contributed by atoms with Crippen LogP contribution in [0.4, 0.5) is 0 Å². The third-order valence-corrected chi connectivity index (χ3v) is 5.35. The summed E-state index contributed by atoms with van der Waals surface area (Å²) in [5, 5.41) is 0. The summed E-state index contributed by atoms with van der Waals surface area (Å²) in [6.45, 7) is 2.24. The number of carbonyl (C=O) groups excluding carboxylic acids is 1. The molecule has 0 spiro atoms. The summed E-state index contributed by atoms with van der Waals surface area (Å²) in [6, 6.07) is 5.80. The summed E-state index contributed by atoms with van der Waals surface area (Å²) >= 11 is 0. The largest absolute Gasteiger partial charge is 0.493 e. The Morgan fingerprint density at radius 3 is 2.59 bits per heavy atom. The van der Waals surface area contributed by atoms with Gasteiger partial charge in [-0.15, -0.1) is 0 Å². The molecule has 1 aliphatic rings. The van der Waals surface area contributed by atoms with E-state index in [1.165, 1.54) is 64.6 Å². The Hall–Kier alpha value is -1.97. The van der Waals surface area contributed by atoms with E-state index < -0.39 is 0 Å². The quantitative estimate of drug-likeness (QED) is 0.295. The summed E-state index contributed by atoms with van der Waals surface area (Å²) in [4.78, 5) is 11.3. The number of methoxy groups -OCH3 is 2. The second-order valence-corrected chi connectivity index (χ2v) is 7.32. The zero-order valence-electron chi connectivity index (χ0n) is 17.0. The van der Waals surface area contributed by atoms with Crippen molar-refractivity contribution >= 4 is 12.0 Å². The molecule has 150 valence electrons. The normalized spacial score (nSPS) is 16.3. The third kappa shape index (κ3) is 6.93. The van der Waals surface area contributed by atoms with E-state index in [4.69, 9.17) is 9.47 Å². The van der Waals surface area contributed by atoms with Gasteiger partial charge >= 0.3 is 5.97 Å². The summed E-state index contributed by atoms with van der Waals surface area (Å²) in [6.07, 6.45) is 14.7. The second kappa shape index (κ2) is 11.7. The Bertz CT molecular complexity index is 602. The van der Waals surface area contributed by atoms with E-state index in [9.17, 15) is 4.79 Å². The minimum absolute atomic E-state index is 0.252. The van der Waals surface area contributed by atoms with Crippen LogP contribution in [0.2, 0.25) is 0 Å². The molecule has 1 unspecified atom stereocenters. The van der Waals surface area contributed by atoms with E-state index in [1.807, 2.05) is 18.2 Å². The molecule has 1 saturated carbocycles. The Labute approximate surface area is 163 Å². The molecule has 0 radical (unpaired) electrons. The van der Waals surface area contributed by atoms with Gasteiger partial charge < -0.3 is 14.2 Å². The van der Waals surface area contributed by atoms with Crippen molar-refractivity contribution in [1.29, 1.82) is 0 Å². The highest BCUT2D eigenvalue weighted by molar-refractivity contribution is 5.87. The molecule has 2 rings (SSSR count). The van der Waals surface area contributed by atoms with Crippen molar-refractivity contribution in [3.05, 3.63) is 29.8 Å². The molecule has 4 nitrogen and oxygen atoms in total. The maximum Gasteiger partial charge on any atom is 0.330 e. The molecular weight excluding hydrogens is 340 g/mol. The fourth-order valence-electron chi connectivity index (χ4n) is 3.77. The van der Waals surface area contributed by atoms with E-state index in [2.05, 4.69) is 11.7 Å². The van der Waals surface area contributed by atoms with Crippen LogP contribution < -0.4 is 9.47 Å². The average Bonchev–Trinajstić information content (AvgIpc) is 2.72. The Balaban J connectivity index is 2.12. The maximum absolute atomic E-state index is 11.3. The first kappa shape index (κ1) is 21.3. The van der Waals surface area contributed by atoms with Gasteiger partial charge in [0.25, 0.3) is 0 Å². The molecule has 4 heteroatoms. The number of ether oxygens (including phenoxy) is 3. The summed E-state index contributed by atoms with van der Waals surface area (Å²) in [7, 11) is 3.02. The summed E-state index contributed by atoms with van der Waals surface area (Å²) < 4.78 is 16.7. The van der Waals surface area contributed by atoms with Gasteiger partial charge in [0.05, 0.1) is 14.2 Å². The van der Waals surface area contributed by atoms with Crippen molar-refractivity contribution in [2.75, 3.05) is 14.2 Å². The lowest BCUT2D eigenvalue weighted by atomic mass is 9.83. The molecule has 0 saturated heterocycles. The van der Waals surface area contributed by atoms with Crippen LogP contribution in [-0.2, 0) is 9.53 Å². The highest BCUT2D eigenvalue weighted by atomic mass is 16.5. The van der Waals surface area contributed by atoms with Crippen LogP contribution in [-0.4, -0.2) is 26.3 Å². The summed E-state index contributed by atoms with van der Waals surface area (Å²) in [5.41, 5.74) is 0.879. The SMILES string of the molecule is CCCCCC(Oc1ccc(/C=C/C(=O)OC)cc1OC)C1CCCCC1. The van der Waals surface area contributed by atoms with Crippen LogP contribution in [0, 0.1) is 5.92 Å². The molecule has 0 bridgehead atoms. The van der Waals surface area contributed by atoms with Crippen LogP contribution >= 0.6 is 0 Å². The van der Waals surface area contributed by atoms with Crippen molar-refractivity contribution in [2.45, 2.75) is 70.8 Å². The van der Waals surface area contributed by atoms with Crippen molar-refractivity contribution in [1.82, 2.24) is 0 Å². The number of hydrogen-bond acceptors (Lipinski definition) is 4. The smallest absolute Gasteiger partial charge is 0.330 e. The Kier molecular flexibility index (Phi) is 9.23. The topological polar surface area (TPSA) is 44.8 Å². The first-order valence-electron chi connectivity index (χ1n) is 10.3. The van der Waals surface area contributed by atoms with Crippen LogP contribution in [0.3, 0.4) is 0 Å². The van der Waals surface area contributed by atoms with Gasteiger partial charge in [0.15, 0.2) is 11.5 Å². The zero-order chi connectivity index (χ0) is 19.5. The van der Waals surface area contributed by atoms with Crippen LogP contribution in [0.25, 0.3) is 6.08 Å². The molecule has 0 aromatic heterocycles. The van der Waals surface area contributed by atoms with Gasteiger partial charge in [0.2, 0.25) is 0 Å². The predicted molar refractivity (Wildman–Crippen MR) is 109 cm³/mol. The van der Waals surface area contributed by atoms with E-state index in [1.54, 1.807) is 13.2 Å². The molecule has 0 amide bonds. The highest BCUT2D eigenvalue weighted by Crippen LogP contribution is 2.35. The van der Waals surface area contributed by atoms with Gasteiger partial charge in [0.1, 0.15) is 6.10 Å². The van der Waals surface area contributed by atoms with Crippen molar-refractivity contribution in [3.63, 3.8) is 0 Å². The number of carbonyl (C=O) groups is 1. The Morgan fingerprint density at radius 1 is 1.15 bits per heavy atom. The monoisotopic (exact) mass is 374 g/mol. The Morgan fingerprint density at radius 2 is 1.93 bits per heavy atom. The van der Waals surface area contributed by atoms with Crippen molar-refractivity contribution in [3.8, 4) is 11.5 Å². The van der Waals surface area contributed by atoms with E-state index >= 15 is 0 Å². The molecule has 1 fully saturated rings. The first-order chi connectivity index (χ1) is 13.2. The fourth-order valence-corrected chi connectivity index (χ4v) is 3.77. The van der Waals surface area contributed by atoms with E-state index in [0.29, 0.717) is 11.7 Å². The number of benzene rings is 1. The lowest BCUT2D eigenvalue weighted by molar-refractivity contribution is -0.134. The molecule has 1 aliphatic carbocycles. The van der Waals surface area contributed by atoms with Gasteiger partial charge in [-0.3, -0.25) is 0 Å². The minimum Gasteiger partial charge on any atom is -0.493 e. The highest BCUT2D eigenvalue weighted by Gasteiger charge is 2.25. The van der Waals surface area contributed by atoms with Gasteiger partial charge in [-0.1, -0.05) is 45.1 Å². The number of esters is 1. The standard InChI is InChI=1S/C23H34O4/c1-4-5-7-12-20(19-10-8-6-9-11-19)27-21-15-13-18(17-22(21)25-2)14-16-23(24)26-3/h13-17,19-20H,4-12H2,1-3H3/b16-14+. The van der Waals surface area contributed by atoms with Crippen molar-refractivity contribution in [2.24, 2.45) is 5.92 Å². The maximum atomic E-state index is 11.3. The lowest BCUT2D eigenvalue weighted by Gasteiger charge is -2.31. The molecule has 1 aromatic carbocycles. The number of rotatable bonds is 10. The van der Waals surface area contributed by atoms with Gasteiger partial charge in [0, 0.05) is 6.08 Å². The number of unbranched alkanes of at least 4 members (excludes halogenated alkanes) is 2. The average molecular weight is 375 g/mol. The summed E-state index contributed by atoms with van der Waals surface area (Å²) in [5.74, 6) is 1.76. The third-order valence-electron chi connectivity index (χ3n) is 5.35. The molecule has 0 N–H and O–H groups in total. The fraction of sp³-hybridized carbons (Fsp3) is 0.609. The minimum atomic E-state index is -0.373. The predicted octanol–water partition coefficient (Wildman–Crippen LogP) is 5.79. The molecule has 0 heterocycles. The van der Waals surface area contributed by atoms with Gasteiger partial charge in [-0.05, 0) is 55.4 Å². The molecule has 1 aromatic rings.